The van der Waals surface area contributed by atoms with E-state index in [0.29, 0.717) is 10.2 Å². The molecule has 0 saturated heterocycles. The van der Waals surface area contributed by atoms with Crippen molar-refractivity contribution in [1.29, 1.82) is 0 Å². The van der Waals surface area contributed by atoms with Gasteiger partial charge in [-0.1, -0.05) is 25.4 Å². The van der Waals surface area contributed by atoms with Crippen LogP contribution >= 0.6 is 27.5 Å². The molecule has 0 fully saturated rings. The third kappa shape index (κ3) is 3.51. The molecule has 2 atom stereocenters. The first-order chi connectivity index (χ1) is 11.8. The molecule has 2 aliphatic rings. The smallest absolute Gasteiger partial charge is 0.197 e. The van der Waals surface area contributed by atoms with E-state index in [9.17, 15) is 9.18 Å². The van der Waals surface area contributed by atoms with Crippen molar-refractivity contribution >= 4 is 39.0 Å². The Bertz CT molecular complexity index is 804. The highest BCUT2D eigenvalue weighted by Crippen LogP contribution is 2.37. The van der Waals surface area contributed by atoms with Crippen molar-refractivity contribution in [3.05, 3.63) is 56.4 Å². The highest BCUT2D eigenvalue weighted by atomic mass is 79.9. The van der Waals surface area contributed by atoms with Gasteiger partial charge in [0.25, 0.3) is 0 Å². The summed E-state index contributed by atoms with van der Waals surface area (Å²) < 4.78 is 14.0. The molecule has 1 aromatic carbocycles. The minimum absolute atomic E-state index is 0.00825. The second kappa shape index (κ2) is 7.70. The fourth-order valence-electron chi connectivity index (χ4n) is 2.77. The molecule has 0 bridgehead atoms. The average molecular weight is 429 g/mol. The number of nitrogens with zero attached hydrogens (tertiary/aromatic N) is 2. The van der Waals surface area contributed by atoms with Crippen molar-refractivity contribution in [3.8, 4) is 0 Å². The van der Waals surface area contributed by atoms with Gasteiger partial charge >= 0.3 is 0 Å². The number of benzene rings is 1. The zero-order valence-corrected chi connectivity index (χ0v) is 16.8. The lowest BCUT2D eigenvalue weighted by Crippen LogP contribution is -2.31. The first kappa shape index (κ1) is 19.7. The molecule has 134 valence electrons. The highest BCUT2D eigenvalue weighted by Gasteiger charge is 2.38. The third-order valence-electron chi connectivity index (χ3n) is 4.18. The molecule has 4 nitrogen and oxygen atoms in total. The van der Waals surface area contributed by atoms with E-state index in [1.54, 1.807) is 0 Å². The molecule has 1 aliphatic heterocycles. The normalized spacial score (nSPS) is 22.0. The lowest BCUT2D eigenvalue weighted by molar-refractivity contribution is 0.103. The number of hydrogen-bond acceptors (Lipinski definition) is 4. The van der Waals surface area contributed by atoms with Crippen LogP contribution in [0.25, 0.3) is 0 Å². The number of hydrazone groups is 1. The van der Waals surface area contributed by atoms with Crippen LogP contribution in [0.3, 0.4) is 0 Å². The molecule has 1 aromatic rings. The Hall–Kier alpha value is -1.66. The Morgan fingerprint density at radius 2 is 2.04 bits per heavy atom. The van der Waals surface area contributed by atoms with Gasteiger partial charge in [-0.3, -0.25) is 9.80 Å². The van der Waals surface area contributed by atoms with Gasteiger partial charge in [0.05, 0.1) is 26.8 Å². The number of carbonyl (C=O) groups is 1. The third-order valence-corrected chi connectivity index (χ3v) is 5.31. The molecular weight excluding hydrogens is 409 g/mol. The molecule has 25 heavy (non-hydrogen) atoms. The maximum Gasteiger partial charge on any atom is 0.197 e. The summed E-state index contributed by atoms with van der Waals surface area (Å²) in [5, 5.41) is 6.46. The molecule has 7 heteroatoms. The molecule has 0 spiro atoms. The average Bonchev–Trinajstić information content (AvgIpc) is 2.87. The maximum atomic E-state index is 13.5. The first-order valence-electron chi connectivity index (χ1n) is 8.00. The van der Waals surface area contributed by atoms with Crippen molar-refractivity contribution in [2.75, 3.05) is 7.05 Å². The van der Waals surface area contributed by atoms with Crippen molar-refractivity contribution in [1.82, 2.24) is 5.01 Å². The standard InChI is InChI=1S/C16H14BrClFN3O.C2H6/c1-7-9-6-12(20)13(14(17)15(9)21-22(7)2)16(23)10-5-8(19)3-4-11(10)18;1-2/h3-7,9H,20H2,1-2H3;1-2H3. The molecule has 0 saturated carbocycles. The molecule has 2 N–H and O–H groups in total. The van der Waals surface area contributed by atoms with Crippen LogP contribution in [0.4, 0.5) is 4.39 Å². The van der Waals surface area contributed by atoms with Gasteiger partial charge in [-0.2, -0.15) is 5.10 Å². The van der Waals surface area contributed by atoms with Crippen LogP contribution in [0.2, 0.25) is 5.02 Å². The maximum absolute atomic E-state index is 13.5. The number of rotatable bonds is 2. The van der Waals surface area contributed by atoms with Crippen LogP contribution in [0.15, 0.2) is 45.1 Å². The monoisotopic (exact) mass is 427 g/mol. The number of fused-ring (bicyclic) bond motifs is 1. The van der Waals surface area contributed by atoms with Gasteiger partial charge in [0.15, 0.2) is 5.78 Å². The van der Waals surface area contributed by atoms with Gasteiger partial charge in [-0.25, -0.2) is 4.39 Å². The van der Waals surface area contributed by atoms with Crippen molar-refractivity contribution < 1.29 is 9.18 Å². The van der Waals surface area contributed by atoms with Gasteiger partial charge in [-0.05, 0) is 47.1 Å². The van der Waals surface area contributed by atoms with Crippen LogP contribution < -0.4 is 5.73 Å². The number of nitrogens with two attached hydrogens (primary N) is 1. The first-order valence-corrected chi connectivity index (χ1v) is 9.17. The van der Waals surface area contributed by atoms with E-state index in [-0.39, 0.29) is 28.1 Å². The van der Waals surface area contributed by atoms with Crippen LogP contribution in [0.1, 0.15) is 31.1 Å². The highest BCUT2D eigenvalue weighted by molar-refractivity contribution is 9.12. The van der Waals surface area contributed by atoms with Gasteiger partial charge in [-0.15, -0.1) is 0 Å². The fourth-order valence-corrected chi connectivity index (χ4v) is 3.72. The SMILES string of the molecule is CC.CC1C2C=C(N)C(C(=O)c3cc(F)ccc3Cl)=C(Br)C2=NN1C. The summed E-state index contributed by atoms with van der Waals surface area (Å²) in [6.07, 6.45) is 1.82. The summed E-state index contributed by atoms with van der Waals surface area (Å²) in [6.45, 7) is 6.03. The summed E-state index contributed by atoms with van der Waals surface area (Å²) in [5.41, 5.74) is 7.52. The van der Waals surface area contributed by atoms with E-state index < -0.39 is 11.6 Å². The molecule has 0 amide bonds. The zero-order valence-electron chi connectivity index (χ0n) is 14.5. The predicted molar refractivity (Wildman–Crippen MR) is 103 cm³/mol. The number of carbonyl (C=O) groups excluding carboxylic acids is 1. The Morgan fingerprint density at radius 3 is 2.68 bits per heavy atom. The molecule has 2 unspecified atom stereocenters. The molecule has 0 radical (unpaired) electrons. The molecule has 1 heterocycles. The Morgan fingerprint density at radius 1 is 1.40 bits per heavy atom. The van der Waals surface area contributed by atoms with Crippen molar-refractivity contribution in [2.45, 2.75) is 26.8 Å². The van der Waals surface area contributed by atoms with E-state index in [1.807, 2.05) is 38.9 Å². The summed E-state index contributed by atoms with van der Waals surface area (Å²) in [5.74, 6) is -0.954. The largest absolute Gasteiger partial charge is 0.398 e. The number of allylic oxidation sites excluding steroid dienone is 2. The summed E-state index contributed by atoms with van der Waals surface area (Å²) in [6, 6.07) is 3.82. The Kier molecular flexibility index (Phi) is 6.06. The Balaban J connectivity index is 0.00000109. The second-order valence-corrected chi connectivity index (χ2v) is 6.79. The van der Waals surface area contributed by atoms with E-state index in [1.165, 1.54) is 12.1 Å². The van der Waals surface area contributed by atoms with Crippen molar-refractivity contribution in [2.24, 2.45) is 16.8 Å². The van der Waals surface area contributed by atoms with E-state index in [4.69, 9.17) is 17.3 Å². The topological polar surface area (TPSA) is 58.7 Å². The fraction of sp³-hybridized carbons (Fsp3) is 0.333. The van der Waals surface area contributed by atoms with Gasteiger partial charge in [0, 0.05) is 24.2 Å². The molecular formula is C18H20BrClFN3O. The number of hydrogen-bond donors (Lipinski definition) is 1. The lowest BCUT2D eigenvalue weighted by atomic mass is 9.86. The second-order valence-electron chi connectivity index (χ2n) is 5.59. The lowest BCUT2D eigenvalue weighted by Gasteiger charge is -2.23. The van der Waals surface area contributed by atoms with E-state index in [0.717, 1.165) is 11.8 Å². The number of halogens is 3. The minimum atomic E-state index is -0.530. The van der Waals surface area contributed by atoms with Crippen LogP contribution in [0.5, 0.6) is 0 Å². The zero-order chi connectivity index (χ0) is 18.9. The quantitative estimate of drug-likeness (QED) is 0.706. The molecule has 1 aliphatic carbocycles. The minimum Gasteiger partial charge on any atom is -0.398 e. The van der Waals surface area contributed by atoms with Crippen molar-refractivity contribution in [3.63, 3.8) is 0 Å². The van der Waals surface area contributed by atoms with Gasteiger partial charge in [0.1, 0.15) is 5.82 Å². The number of ketones is 1. The van der Waals surface area contributed by atoms with Crippen LogP contribution in [-0.2, 0) is 0 Å². The van der Waals surface area contributed by atoms with E-state index >= 15 is 0 Å². The van der Waals surface area contributed by atoms with Gasteiger partial charge in [0.2, 0.25) is 0 Å². The molecule has 0 aromatic heterocycles. The Labute approximate surface area is 160 Å². The van der Waals surface area contributed by atoms with Crippen LogP contribution in [-0.4, -0.2) is 29.6 Å². The number of Topliss-reactive ketones (excluding diaryl/α,β-unsaturated/α-hetero) is 1. The molecule has 3 rings (SSSR count). The van der Waals surface area contributed by atoms with E-state index in [2.05, 4.69) is 21.0 Å². The summed E-state index contributed by atoms with van der Waals surface area (Å²) >= 11 is 9.48. The summed E-state index contributed by atoms with van der Waals surface area (Å²) in [4.78, 5) is 12.8. The van der Waals surface area contributed by atoms with Crippen LogP contribution in [0, 0.1) is 11.7 Å². The van der Waals surface area contributed by atoms with Gasteiger partial charge < -0.3 is 5.73 Å². The predicted octanol–water partition coefficient (Wildman–Crippen LogP) is 4.50. The summed E-state index contributed by atoms with van der Waals surface area (Å²) in [7, 11) is 1.87.